The lowest BCUT2D eigenvalue weighted by molar-refractivity contribution is -0.118. The highest BCUT2D eigenvalue weighted by Crippen LogP contribution is 2.32. The van der Waals surface area contributed by atoms with Crippen LogP contribution in [0.3, 0.4) is 0 Å². The van der Waals surface area contributed by atoms with E-state index < -0.39 is 11.9 Å². The minimum absolute atomic E-state index is 0.125. The lowest BCUT2D eigenvalue weighted by atomic mass is 9.85. The van der Waals surface area contributed by atoms with Crippen molar-refractivity contribution in [2.75, 3.05) is 19.0 Å². The second-order valence-electron chi connectivity index (χ2n) is 7.31. The van der Waals surface area contributed by atoms with Crippen LogP contribution in [-0.4, -0.2) is 30.7 Å². The highest BCUT2D eigenvalue weighted by Gasteiger charge is 2.20. The maximum Gasteiger partial charge on any atom is 0.337 e. The Labute approximate surface area is 159 Å². The highest BCUT2D eigenvalue weighted by molar-refractivity contribution is 5.95. The first kappa shape index (κ1) is 20.3. The first-order valence-corrected chi connectivity index (χ1v) is 8.57. The molecule has 0 heterocycles. The summed E-state index contributed by atoms with van der Waals surface area (Å²) in [7, 11) is 1.25. The van der Waals surface area contributed by atoms with Gasteiger partial charge in [-0.2, -0.15) is 0 Å². The number of carbonyl (C=O) groups excluding carboxylic acids is 2. The molecule has 2 aromatic carbocycles. The zero-order chi connectivity index (χ0) is 20.2. The van der Waals surface area contributed by atoms with Gasteiger partial charge in [-0.05, 0) is 42.2 Å². The molecule has 0 radical (unpaired) electrons. The van der Waals surface area contributed by atoms with Crippen LogP contribution >= 0.6 is 0 Å². The Kier molecular flexibility index (Phi) is 6.10. The monoisotopic (exact) mass is 371 g/mol. The minimum Gasteiger partial charge on any atom is -0.506 e. The number of methoxy groups -OCH3 is 1. The quantitative estimate of drug-likeness (QED) is 0.617. The SMILES string of the molecule is COC(=O)c1ccc(NC(=O)COc2ccc(C)cc2C(C)(C)C)c(O)c1. The van der Waals surface area contributed by atoms with E-state index in [-0.39, 0.29) is 29.0 Å². The summed E-state index contributed by atoms with van der Waals surface area (Å²) >= 11 is 0. The number of esters is 1. The molecule has 2 rings (SSSR count). The standard InChI is InChI=1S/C21H25NO5/c1-13-6-9-18(15(10-13)21(2,3)4)27-12-19(24)22-16-8-7-14(11-17(16)23)20(25)26-5/h6-11,23H,12H2,1-5H3,(H,22,24). The van der Waals surface area contributed by atoms with Crippen LogP contribution in [0.5, 0.6) is 11.5 Å². The molecule has 1 amide bonds. The highest BCUT2D eigenvalue weighted by atomic mass is 16.5. The molecule has 2 aromatic rings. The van der Waals surface area contributed by atoms with Crippen LogP contribution in [0.15, 0.2) is 36.4 Å². The third-order valence-corrected chi connectivity index (χ3v) is 3.99. The molecule has 2 N–H and O–H groups in total. The van der Waals surface area contributed by atoms with Gasteiger partial charge >= 0.3 is 5.97 Å². The number of benzene rings is 2. The molecule has 0 aliphatic rings. The fourth-order valence-electron chi connectivity index (χ4n) is 2.57. The number of anilines is 1. The Morgan fingerprint density at radius 3 is 2.41 bits per heavy atom. The fraction of sp³-hybridized carbons (Fsp3) is 0.333. The van der Waals surface area contributed by atoms with E-state index in [9.17, 15) is 14.7 Å². The summed E-state index contributed by atoms with van der Waals surface area (Å²) in [5.41, 5.74) is 2.39. The number of ether oxygens (including phenoxy) is 2. The fourth-order valence-corrected chi connectivity index (χ4v) is 2.57. The van der Waals surface area contributed by atoms with Crippen molar-refractivity contribution >= 4 is 17.6 Å². The largest absolute Gasteiger partial charge is 0.506 e. The van der Waals surface area contributed by atoms with Crippen LogP contribution in [0.25, 0.3) is 0 Å². The number of aromatic hydroxyl groups is 1. The maximum atomic E-state index is 12.2. The average molecular weight is 371 g/mol. The normalized spacial score (nSPS) is 11.0. The summed E-state index contributed by atoms with van der Waals surface area (Å²) in [5.74, 6) is -0.567. The molecule has 0 saturated heterocycles. The number of phenols is 1. The Balaban J connectivity index is 2.07. The van der Waals surface area contributed by atoms with Crippen molar-refractivity contribution < 1.29 is 24.2 Å². The van der Waals surface area contributed by atoms with Crippen LogP contribution < -0.4 is 10.1 Å². The molecular weight excluding hydrogens is 346 g/mol. The average Bonchev–Trinajstić information content (AvgIpc) is 2.60. The summed E-state index contributed by atoms with van der Waals surface area (Å²) in [4.78, 5) is 23.7. The number of hydrogen-bond donors (Lipinski definition) is 2. The summed E-state index contributed by atoms with van der Waals surface area (Å²) in [6.45, 7) is 8.04. The molecule has 27 heavy (non-hydrogen) atoms. The Morgan fingerprint density at radius 1 is 1.11 bits per heavy atom. The third-order valence-electron chi connectivity index (χ3n) is 3.99. The van der Waals surface area contributed by atoms with Crippen LogP contribution in [0, 0.1) is 6.92 Å². The van der Waals surface area contributed by atoms with Gasteiger partial charge in [0.2, 0.25) is 0 Å². The molecule has 0 atom stereocenters. The van der Waals surface area contributed by atoms with Gasteiger partial charge in [0.05, 0.1) is 18.4 Å². The number of carbonyl (C=O) groups is 2. The minimum atomic E-state index is -0.569. The van der Waals surface area contributed by atoms with Gasteiger partial charge in [0.1, 0.15) is 11.5 Å². The van der Waals surface area contributed by atoms with Gasteiger partial charge in [-0.1, -0.05) is 38.5 Å². The molecule has 6 heteroatoms. The van der Waals surface area contributed by atoms with Gasteiger partial charge < -0.3 is 19.9 Å². The number of hydrogen-bond acceptors (Lipinski definition) is 5. The van der Waals surface area contributed by atoms with E-state index >= 15 is 0 Å². The molecule has 0 spiro atoms. The van der Waals surface area contributed by atoms with E-state index in [1.165, 1.54) is 25.3 Å². The van der Waals surface area contributed by atoms with Gasteiger partial charge in [0, 0.05) is 0 Å². The van der Waals surface area contributed by atoms with Crippen LogP contribution in [0.1, 0.15) is 42.3 Å². The number of rotatable bonds is 5. The molecule has 0 aliphatic heterocycles. The van der Waals surface area contributed by atoms with E-state index in [2.05, 4.69) is 30.8 Å². The van der Waals surface area contributed by atoms with Gasteiger partial charge in [0.25, 0.3) is 5.91 Å². The number of nitrogens with one attached hydrogen (secondary N) is 1. The molecule has 144 valence electrons. The van der Waals surface area contributed by atoms with Crippen molar-refractivity contribution in [3.05, 3.63) is 53.1 Å². The summed E-state index contributed by atoms with van der Waals surface area (Å²) < 4.78 is 10.3. The van der Waals surface area contributed by atoms with Crippen LogP contribution in [-0.2, 0) is 14.9 Å². The smallest absolute Gasteiger partial charge is 0.337 e. The third kappa shape index (κ3) is 5.23. The van der Waals surface area contributed by atoms with Crippen molar-refractivity contribution in [1.29, 1.82) is 0 Å². The second-order valence-corrected chi connectivity index (χ2v) is 7.31. The summed E-state index contributed by atoms with van der Waals surface area (Å²) in [6.07, 6.45) is 0. The molecule has 0 aromatic heterocycles. The van der Waals surface area contributed by atoms with E-state index in [1.807, 2.05) is 25.1 Å². The first-order chi connectivity index (χ1) is 12.6. The van der Waals surface area contributed by atoms with Crippen LogP contribution in [0.2, 0.25) is 0 Å². The molecular formula is C21H25NO5. The Bertz CT molecular complexity index is 852. The summed E-state index contributed by atoms with van der Waals surface area (Å²) in [5, 5.41) is 12.6. The molecule has 0 bridgehead atoms. The van der Waals surface area contributed by atoms with Crippen molar-refractivity contribution in [3.8, 4) is 11.5 Å². The van der Waals surface area contributed by atoms with E-state index in [1.54, 1.807) is 0 Å². The van der Waals surface area contributed by atoms with Crippen LogP contribution in [0.4, 0.5) is 5.69 Å². The molecule has 0 aliphatic carbocycles. The number of amides is 1. The lowest BCUT2D eigenvalue weighted by Gasteiger charge is -2.23. The lowest BCUT2D eigenvalue weighted by Crippen LogP contribution is -2.22. The predicted molar refractivity (Wildman–Crippen MR) is 103 cm³/mol. The van der Waals surface area contributed by atoms with Crippen molar-refractivity contribution in [2.24, 2.45) is 0 Å². The van der Waals surface area contributed by atoms with E-state index in [4.69, 9.17) is 4.74 Å². The van der Waals surface area contributed by atoms with Crippen molar-refractivity contribution in [1.82, 2.24) is 0 Å². The molecule has 6 nitrogen and oxygen atoms in total. The van der Waals surface area contributed by atoms with Crippen molar-refractivity contribution in [3.63, 3.8) is 0 Å². The van der Waals surface area contributed by atoms with Gasteiger partial charge in [0.15, 0.2) is 6.61 Å². The predicted octanol–water partition coefficient (Wildman–Crippen LogP) is 3.80. The van der Waals surface area contributed by atoms with Gasteiger partial charge in [-0.25, -0.2) is 4.79 Å². The Hall–Kier alpha value is -3.02. The Morgan fingerprint density at radius 2 is 1.81 bits per heavy atom. The topological polar surface area (TPSA) is 84.9 Å². The van der Waals surface area contributed by atoms with Gasteiger partial charge in [-0.3, -0.25) is 4.79 Å². The van der Waals surface area contributed by atoms with E-state index in [0.29, 0.717) is 5.75 Å². The number of phenolic OH excluding ortho intramolecular Hbond substituents is 1. The summed E-state index contributed by atoms with van der Waals surface area (Å²) in [6, 6.07) is 9.96. The molecule has 0 saturated carbocycles. The molecule has 0 fully saturated rings. The van der Waals surface area contributed by atoms with Crippen molar-refractivity contribution in [2.45, 2.75) is 33.1 Å². The first-order valence-electron chi connectivity index (χ1n) is 8.57. The second kappa shape index (κ2) is 8.12. The maximum absolute atomic E-state index is 12.2. The van der Waals surface area contributed by atoms with Gasteiger partial charge in [-0.15, -0.1) is 0 Å². The zero-order valence-corrected chi connectivity index (χ0v) is 16.3. The number of aryl methyl sites for hydroxylation is 1. The zero-order valence-electron chi connectivity index (χ0n) is 16.3. The molecule has 0 unspecified atom stereocenters. The van der Waals surface area contributed by atoms with E-state index in [0.717, 1.165) is 11.1 Å².